The molecule has 0 unspecified atom stereocenters. The van der Waals surface area contributed by atoms with Crippen LogP contribution in [-0.2, 0) is 10.0 Å². The van der Waals surface area contributed by atoms with E-state index < -0.39 is 10.0 Å². The monoisotopic (exact) mass is 456 g/mol. The Bertz CT molecular complexity index is 1150. The van der Waals surface area contributed by atoms with E-state index in [1.54, 1.807) is 48.7 Å². The van der Waals surface area contributed by atoms with Gasteiger partial charge in [-0.2, -0.15) is 9.29 Å². The lowest BCUT2D eigenvalue weighted by molar-refractivity contribution is 0.298. The van der Waals surface area contributed by atoms with E-state index in [-0.39, 0.29) is 10.7 Å². The standard InChI is InChI=1S/C22H25FN6O2S/c1-24-17-11-14-29(15-12-17)32(30,31)20-8-6-19(7-9-20)27-22-25-13-10-21(28-22)26-18-4-2-16(23)3-5-18/h2-10,13,17,24H,11-12,14-15H2,1H3,(H2,25,26,27,28). The molecular formula is C22H25FN6O2S. The van der Waals surface area contributed by atoms with Gasteiger partial charge >= 0.3 is 0 Å². The van der Waals surface area contributed by atoms with Crippen molar-refractivity contribution in [2.75, 3.05) is 30.8 Å². The van der Waals surface area contributed by atoms with Crippen LogP contribution < -0.4 is 16.0 Å². The van der Waals surface area contributed by atoms with Crippen molar-refractivity contribution in [3.8, 4) is 0 Å². The van der Waals surface area contributed by atoms with Crippen LogP contribution in [0, 0.1) is 5.82 Å². The number of nitrogens with zero attached hydrogens (tertiary/aromatic N) is 3. The SMILES string of the molecule is CNC1CCN(S(=O)(=O)c2ccc(Nc3nccc(Nc4ccc(F)cc4)n3)cc2)CC1. The van der Waals surface area contributed by atoms with E-state index in [0.29, 0.717) is 42.3 Å². The van der Waals surface area contributed by atoms with Crippen molar-refractivity contribution in [3.63, 3.8) is 0 Å². The second kappa shape index (κ2) is 9.60. The van der Waals surface area contributed by atoms with E-state index in [0.717, 1.165) is 12.8 Å². The lowest BCUT2D eigenvalue weighted by atomic mass is 10.1. The van der Waals surface area contributed by atoms with E-state index in [1.807, 2.05) is 7.05 Å². The first-order chi connectivity index (χ1) is 15.4. The van der Waals surface area contributed by atoms with E-state index in [1.165, 1.54) is 16.4 Å². The molecule has 1 aliphatic rings. The first-order valence-electron chi connectivity index (χ1n) is 10.3. The number of halogens is 1. The van der Waals surface area contributed by atoms with Gasteiger partial charge in [-0.3, -0.25) is 0 Å². The lowest BCUT2D eigenvalue weighted by Crippen LogP contribution is -2.43. The fourth-order valence-corrected chi connectivity index (χ4v) is 5.01. The number of sulfonamides is 1. The summed E-state index contributed by atoms with van der Waals surface area (Å²) in [4.78, 5) is 8.84. The van der Waals surface area contributed by atoms with Gasteiger partial charge in [0, 0.05) is 36.7 Å². The number of rotatable bonds is 7. The van der Waals surface area contributed by atoms with E-state index in [2.05, 4.69) is 25.9 Å². The van der Waals surface area contributed by atoms with Crippen LogP contribution in [-0.4, -0.2) is 48.9 Å². The Balaban J connectivity index is 1.42. The van der Waals surface area contributed by atoms with Gasteiger partial charge in [-0.1, -0.05) is 0 Å². The summed E-state index contributed by atoms with van der Waals surface area (Å²) >= 11 is 0. The maximum atomic E-state index is 13.1. The van der Waals surface area contributed by atoms with Crippen molar-refractivity contribution in [1.29, 1.82) is 0 Å². The fraction of sp³-hybridized carbons (Fsp3) is 0.273. The third-order valence-electron chi connectivity index (χ3n) is 5.38. The highest BCUT2D eigenvalue weighted by molar-refractivity contribution is 7.89. The molecule has 0 bridgehead atoms. The van der Waals surface area contributed by atoms with Gasteiger partial charge in [-0.15, -0.1) is 0 Å². The van der Waals surface area contributed by atoms with E-state index in [4.69, 9.17) is 0 Å². The fourth-order valence-electron chi connectivity index (χ4n) is 3.54. The van der Waals surface area contributed by atoms with Crippen molar-refractivity contribution in [1.82, 2.24) is 19.6 Å². The Labute approximate surface area is 187 Å². The van der Waals surface area contributed by atoms with Crippen LogP contribution in [0.4, 0.5) is 27.5 Å². The number of nitrogens with one attached hydrogen (secondary N) is 3. The van der Waals surface area contributed by atoms with Gasteiger partial charge in [-0.25, -0.2) is 17.8 Å². The smallest absolute Gasteiger partial charge is 0.243 e. The molecular weight excluding hydrogens is 431 g/mol. The summed E-state index contributed by atoms with van der Waals surface area (Å²) in [6, 6.07) is 14.6. The number of piperidine rings is 1. The number of benzene rings is 2. The molecule has 4 rings (SSSR count). The summed E-state index contributed by atoms with van der Waals surface area (Å²) in [7, 11) is -1.62. The zero-order valence-electron chi connectivity index (χ0n) is 17.6. The van der Waals surface area contributed by atoms with Gasteiger partial charge in [0.25, 0.3) is 0 Å². The van der Waals surface area contributed by atoms with Crippen molar-refractivity contribution in [2.45, 2.75) is 23.8 Å². The molecule has 2 aromatic carbocycles. The second-order valence-electron chi connectivity index (χ2n) is 7.51. The molecule has 0 spiro atoms. The molecule has 3 aromatic rings. The van der Waals surface area contributed by atoms with Gasteiger partial charge in [0.1, 0.15) is 11.6 Å². The highest BCUT2D eigenvalue weighted by Crippen LogP contribution is 2.23. The summed E-state index contributed by atoms with van der Waals surface area (Å²) in [6.45, 7) is 1.02. The Morgan fingerprint density at radius 3 is 2.22 bits per heavy atom. The zero-order chi connectivity index (χ0) is 22.6. The van der Waals surface area contributed by atoms with Crippen LogP contribution in [0.3, 0.4) is 0 Å². The molecule has 8 nitrogen and oxygen atoms in total. The number of anilines is 4. The van der Waals surface area contributed by atoms with Gasteiger partial charge in [0.05, 0.1) is 4.90 Å². The summed E-state index contributed by atoms with van der Waals surface area (Å²) in [5.74, 6) is 0.577. The first-order valence-corrected chi connectivity index (χ1v) is 11.8. The second-order valence-corrected chi connectivity index (χ2v) is 9.45. The Hall–Kier alpha value is -3.08. The van der Waals surface area contributed by atoms with Crippen LogP contribution in [0.5, 0.6) is 0 Å². The minimum absolute atomic E-state index is 0.263. The topological polar surface area (TPSA) is 99.3 Å². The number of aromatic nitrogens is 2. The summed E-state index contributed by atoms with van der Waals surface area (Å²) < 4.78 is 40.4. The van der Waals surface area contributed by atoms with Crippen LogP contribution in [0.2, 0.25) is 0 Å². The normalized spacial score (nSPS) is 15.4. The van der Waals surface area contributed by atoms with E-state index in [9.17, 15) is 12.8 Å². The average Bonchev–Trinajstić information content (AvgIpc) is 2.81. The first kappa shape index (κ1) is 22.1. The highest BCUT2D eigenvalue weighted by Gasteiger charge is 2.28. The Morgan fingerprint density at radius 2 is 1.56 bits per heavy atom. The van der Waals surface area contributed by atoms with Crippen molar-refractivity contribution >= 4 is 33.2 Å². The lowest BCUT2D eigenvalue weighted by Gasteiger charge is -2.31. The minimum Gasteiger partial charge on any atom is -0.340 e. The molecule has 168 valence electrons. The molecule has 1 aliphatic heterocycles. The average molecular weight is 457 g/mol. The molecule has 10 heteroatoms. The van der Waals surface area contributed by atoms with Crippen molar-refractivity contribution in [3.05, 3.63) is 66.6 Å². The number of hydrogen-bond donors (Lipinski definition) is 3. The predicted molar refractivity (Wildman–Crippen MR) is 122 cm³/mol. The Kier molecular flexibility index (Phi) is 6.63. The third kappa shape index (κ3) is 5.21. The maximum absolute atomic E-state index is 13.1. The highest BCUT2D eigenvalue weighted by atomic mass is 32.2. The minimum atomic E-state index is -3.52. The molecule has 2 heterocycles. The summed E-state index contributed by atoms with van der Waals surface area (Å²) in [5, 5.41) is 9.36. The third-order valence-corrected chi connectivity index (χ3v) is 7.30. The Morgan fingerprint density at radius 1 is 0.938 bits per heavy atom. The molecule has 0 radical (unpaired) electrons. The van der Waals surface area contributed by atoms with Crippen LogP contribution in [0.1, 0.15) is 12.8 Å². The molecule has 1 aromatic heterocycles. The molecule has 32 heavy (non-hydrogen) atoms. The van der Waals surface area contributed by atoms with E-state index >= 15 is 0 Å². The number of hydrogen-bond acceptors (Lipinski definition) is 7. The largest absolute Gasteiger partial charge is 0.340 e. The summed E-state index contributed by atoms with van der Waals surface area (Å²) in [5.41, 5.74) is 1.36. The molecule has 0 aliphatic carbocycles. The van der Waals surface area contributed by atoms with Gasteiger partial charge in [0.15, 0.2) is 0 Å². The van der Waals surface area contributed by atoms with Crippen molar-refractivity contribution in [2.24, 2.45) is 0 Å². The molecule has 0 amide bonds. The van der Waals surface area contributed by atoms with Gasteiger partial charge < -0.3 is 16.0 Å². The van der Waals surface area contributed by atoms with Gasteiger partial charge in [-0.05, 0) is 74.5 Å². The van der Waals surface area contributed by atoms with Crippen LogP contribution in [0.15, 0.2) is 65.7 Å². The quantitative estimate of drug-likeness (QED) is 0.501. The maximum Gasteiger partial charge on any atom is 0.243 e. The van der Waals surface area contributed by atoms with Crippen molar-refractivity contribution < 1.29 is 12.8 Å². The summed E-state index contributed by atoms with van der Waals surface area (Å²) in [6.07, 6.45) is 3.19. The van der Waals surface area contributed by atoms with Crippen LogP contribution in [0.25, 0.3) is 0 Å². The molecule has 3 N–H and O–H groups in total. The van der Waals surface area contributed by atoms with Gasteiger partial charge in [0.2, 0.25) is 16.0 Å². The zero-order valence-corrected chi connectivity index (χ0v) is 18.4. The molecule has 1 saturated heterocycles. The van der Waals surface area contributed by atoms with Crippen LogP contribution >= 0.6 is 0 Å². The predicted octanol–water partition coefficient (Wildman–Crippen LogP) is 3.48. The molecule has 0 atom stereocenters. The molecule has 0 saturated carbocycles. The molecule has 1 fully saturated rings.